The normalized spacial score (nSPS) is 21.1. The van der Waals surface area contributed by atoms with Crippen molar-refractivity contribution >= 4 is 11.9 Å². The predicted molar refractivity (Wildman–Crippen MR) is 148 cm³/mol. The number of fused-ring (bicyclic) bond motifs is 1. The number of aliphatic carboxylic acids is 1. The minimum atomic E-state index is -0.826. The summed E-state index contributed by atoms with van der Waals surface area (Å²) in [6.07, 6.45) is 6.75. The van der Waals surface area contributed by atoms with E-state index in [4.69, 9.17) is 14.2 Å². The van der Waals surface area contributed by atoms with Crippen molar-refractivity contribution in [2.45, 2.75) is 91.5 Å². The summed E-state index contributed by atoms with van der Waals surface area (Å²) in [5, 5.41) is 10.5. The highest BCUT2D eigenvalue weighted by Gasteiger charge is 2.49. The number of ether oxygens (including phenoxy) is 3. The lowest BCUT2D eigenvalue weighted by Gasteiger charge is -2.35. The highest BCUT2D eigenvalue weighted by Crippen LogP contribution is 2.48. The molecule has 1 N–H and O–H groups in total. The average Bonchev–Trinajstić information content (AvgIpc) is 3.48. The third-order valence-corrected chi connectivity index (χ3v) is 8.08. The molecule has 2 heterocycles. The Bertz CT molecular complexity index is 941. The molecule has 3 atom stereocenters. The first-order valence-electron chi connectivity index (χ1n) is 14.4. The Morgan fingerprint density at radius 1 is 1.11 bits per heavy atom. The number of carboxylic acid groups (broad SMARTS) is 1. The van der Waals surface area contributed by atoms with Gasteiger partial charge in [-0.2, -0.15) is 0 Å². The summed E-state index contributed by atoms with van der Waals surface area (Å²) in [7, 11) is 1.58. The van der Waals surface area contributed by atoms with E-state index >= 15 is 0 Å². The Balaban J connectivity index is 1.96. The van der Waals surface area contributed by atoms with Gasteiger partial charge >= 0.3 is 5.97 Å². The van der Waals surface area contributed by atoms with Gasteiger partial charge in [0, 0.05) is 31.6 Å². The summed E-state index contributed by atoms with van der Waals surface area (Å²) in [6, 6.07) is 3.51. The molecule has 8 nitrogen and oxygen atoms in total. The van der Waals surface area contributed by atoms with Crippen molar-refractivity contribution in [2.24, 2.45) is 11.3 Å². The van der Waals surface area contributed by atoms with Crippen LogP contribution in [0.15, 0.2) is 12.1 Å². The standard InChI is InChI=1S/C30H48N2O6/c1-7-10-13-31(14-11-8-2)26(33)19-32-18-22(21-15-24(36-6)28-25(16-21)37-20-38-28)27(29(34)35)23(32)17-30(4,5)12-9-3/h15-16,22-23,27H,7-14,17-20H2,1-6H3,(H,34,35)/t22-,23+,27-/m0/s1. The van der Waals surface area contributed by atoms with E-state index in [2.05, 4.69) is 39.5 Å². The molecule has 1 aromatic carbocycles. The molecule has 0 spiro atoms. The SMILES string of the molecule is CCCCN(CCCC)C(=O)CN1C[C@@H](c2cc(OC)c3c(c2)OCO3)[C@H](C(=O)O)[C@H]1CC(C)(C)CCC. The summed E-state index contributed by atoms with van der Waals surface area (Å²) in [5.41, 5.74) is 0.806. The lowest BCUT2D eigenvalue weighted by molar-refractivity contribution is -0.144. The summed E-state index contributed by atoms with van der Waals surface area (Å²) in [5.74, 6) is -0.00940. The first-order valence-corrected chi connectivity index (χ1v) is 14.4. The van der Waals surface area contributed by atoms with Crippen molar-refractivity contribution in [1.29, 1.82) is 0 Å². The number of methoxy groups -OCH3 is 1. The summed E-state index contributed by atoms with van der Waals surface area (Å²) < 4.78 is 16.8. The number of nitrogens with zero attached hydrogens (tertiary/aromatic N) is 2. The van der Waals surface area contributed by atoms with Crippen LogP contribution in [0.4, 0.5) is 0 Å². The molecule has 3 rings (SSSR count). The number of hydrogen-bond donors (Lipinski definition) is 1. The molecule has 0 radical (unpaired) electrons. The molecule has 0 aromatic heterocycles. The van der Waals surface area contributed by atoms with Crippen molar-refractivity contribution in [3.8, 4) is 17.2 Å². The van der Waals surface area contributed by atoms with Crippen molar-refractivity contribution in [3.05, 3.63) is 17.7 Å². The number of carboxylic acids is 1. The van der Waals surface area contributed by atoms with Crippen LogP contribution in [0.2, 0.25) is 0 Å². The molecule has 0 aliphatic carbocycles. The first kappa shape index (κ1) is 30.1. The van der Waals surface area contributed by atoms with Crippen LogP contribution >= 0.6 is 0 Å². The van der Waals surface area contributed by atoms with Crippen molar-refractivity contribution in [1.82, 2.24) is 9.80 Å². The van der Waals surface area contributed by atoms with E-state index in [1.54, 1.807) is 7.11 Å². The predicted octanol–water partition coefficient (Wildman–Crippen LogP) is 5.54. The maximum Gasteiger partial charge on any atom is 0.308 e. The van der Waals surface area contributed by atoms with E-state index in [1.165, 1.54) is 0 Å². The van der Waals surface area contributed by atoms with Gasteiger partial charge in [-0.1, -0.05) is 53.9 Å². The molecular formula is C30H48N2O6. The minimum Gasteiger partial charge on any atom is -0.493 e. The van der Waals surface area contributed by atoms with Gasteiger partial charge in [0.15, 0.2) is 11.5 Å². The summed E-state index contributed by atoms with van der Waals surface area (Å²) >= 11 is 0. The van der Waals surface area contributed by atoms with E-state index in [0.717, 1.165) is 57.2 Å². The molecule has 0 saturated carbocycles. The van der Waals surface area contributed by atoms with Gasteiger partial charge in [-0.3, -0.25) is 14.5 Å². The highest BCUT2D eigenvalue weighted by molar-refractivity contribution is 5.79. The quantitative estimate of drug-likeness (QED) is 0.317. The lowest BCUT2D eigenvalue weighted by Crippen LogP contribution is -2.46. The Morgan fingerprint density at radius 3 is 2.37 bits per heavy atom. The lowest BCUT2D eigenvalue weighted by atomic mass is 9.76. The zero-order valence-electron chi connectivity index (χ0n) is 24.3. The van der Waals surface area contributed by atoms with Crippen molar-refractivity contribution in [3.63, 3.8) is 0 Å². The summed E-state index contributed by atoms with van der Waals surface area (Å²) in [4.78, 5) is 30.6. The molecule has 1 saturated heterocycles. The van der Waals surface area contributed by atoms with E-state index in [0.29, 0.717) is 30.2 Å². The maximum atomic E-state index is 13.6. The molecule has 1 aromatic rings. The molecule has 0 unspecified atom stereocenters. The van der Waals surface area contributed by atoms with Crippen LogP contribution < -0.4 is 14.2 Å². The van der Waals surface area contributed by atoms with E-state index in [9.17, 15) is 14.7 Å². The molecule has 2 aliphatic heterocycles. The number of likely N-dealkylation sites (tertiary alicyclic amines) is 1. The second kappa shape index (κ2) is 13.5. The van der Waals surface area contributed by atoms with Crippen LogP contribution in [-0.4, -0.2) is 72.9 Å². The van der Waals surface area contributed by atoms with Gasteiger partial charge in [0.25, 0.3) is 0 Å². The zero-order valence-corrected chi connectivity index (χ0v) is 24.3. The van der Waals surface area contributed by atoms with Crippen LogP contribution in [0.3, 0.4) is 0 Å². The molecule has 38 heavy (non-hydrogen) atoms. The van der Waals surface area contributed by atoms with Crippen LogP contribution in [0, 0.1) is 11.3 Å². The first-order chi connectivity index (χ1) is 18.1. The van der Waals surface area contributed by atoms with Gasteiger partial charge in [0.2, 0.25) is 18.4 Å². The Morgan fingerprint density at radius 2 is 1.79 bits per heavy atom. The maximum absolute atomic E-state index is 13.6. The number of unbranched alkanes of at least 4 members (excludes halogenated alkanes) is 2. The van der Waals surface area contributed by atoms with Crippen LogP contribution in [0.25, 0.3) is 0 Å². The summed E-state index contributed by atoms with van der Waals surface area (Å²) in [6.45, 7) is 13.2. The number of amides is 1. The minimum absolute atomic E-state index is 0.0417. The molecule has 1 fully saturated rings. The van der Waals surface area contributed by atoms with Crippen molar-refractivity contribution < 1.29 is 28.9 Å². The number of benzene rings is 1. The van der Waals surface area contributed by atoms with Gasteiger partial charge in [0.05, 0.1) is 19.6 Å². The second-order valence-corrected chi connectivity index (χ2v) is 11.6. The highest BCUT2D eigenvalue weighted by atomic mass is 16.7. The van der Waals surface area contributed by atoms with E-state index in [1.807, 2.05) is 17.0 Å². The molecule has 214 valence electrons. The zero-order chi connectivity index (χ0) is 27.9. The van der Waals surface area contributed by atoms with Crippen LogP contribution in [0.5, 0.6) is 17.2 Å². The molecular weight excluding hydrogens is 484 g/mol. The molecule has 0 bridgehead atoms. The van der Waals surface area contributed by atoms with E-state index in [-0.39, 0.29) is 36.6 Å². The van der Waals surface area contributed by atoms with Gasteiger partial charge in [0.1, 0.15) is 0 Å². The monoisotopic (exact) mass is 532 g/mol. The number of rotatable bonds is 15. The number of carbonyl (C=O) groups is 2. The fourth-order valence-corrected chi connectivity index (χ4v) is 6.13. The van der Waals surface area contributed by atoms with E-state index < -0.39 is 11.9 Å². The number of carbonyl (C=O) groups excluding carboxylic acids is 1. The molecule has 1 amide bonds. The topological polar surface area (TPSA) is 88.5 Å². The Hall–Kier alpha value is -2.48. The smallest absolute Gasteiger partial charge is 0.308 e. The molecule has 8 heteroatoms. The second-order valence-electron chi connectivity index (χ2n) is 11.6. The fourth-order valence-electron chi connectivity index (χ4n) is 6.13. The number of hydrogen-bond acceptors (Lipinski definition) is 6. The van der Waals surface area contributed by atoms with Crippen LogP contribution in [-0.2, 0) is 9.59 Å². The average molecular weight is 533 g/mol. The largest absolute Gasteiger partial charge is 0.493 e. The van der Waals surface area contributed by atoms with Gasteiger partial charge in [-0.05, 0) is 48.8 Å². The third-order valence-electron chi connectivity index (χ3n) is 8.08. The third kappa shape index (κ3) is 7.13. The molecule has 2 aliphatic rings. The Labute approximate surface area is 228 Å². The van der Waals surface area contributed by atoms with Crippen molar-refractivity contribution in [2.75, 3.05) is 40.1 Å². The van der Waals surface area contributed by atoms with Gasteiger partial charge < -0.3 is 24.2 Å². The van der Waals surface area contributed by atoms with Gasteiger partial charge in [-0.25, -0.2) is 0 Å². The Kier molecular flexibility index (Phi) is 10.7. The fraction of sp³-hybridized carbons (Fsp3) is 0.733. The van der Waals surface area contributed by atoms with Gasteiger partial charge in [-0.15, -0.1) is 0 Å². The van der Waals surface area contributed by atoms with Crippen LogP contribution in [0.1, 0.15) is 91.0 Å².